The van der Waals surface area contributed by atoms with E-state index in [1.54, 1.807) is 0 Å². The Hall–Kier alpha value is -0.240. The Bertz CT molecular complexity index is 236. The van der Waals surface area contributed by atoms with Crippen LogP contribution in [0.1, 0.15) is 33.1 Å². The minimum Gasteiger partial charge on any atom is -0.377 e. The van der Waals surface area contributed by atoms with Gasteiger partial charge in [0.25, 0.3) is 0 Å². The smallest absolute Gasteiger partial charge is 0.104 e. The van der Waals surface area contributed by atoms with Gasteiger partial charge in [-0.1, -0.05) is 6.92 Å². The first kappa shape index (κ1) is 13.8. The minimum atomic E-state index is -0.363. The van der Waals surface area contributed by atoms with Crippen molar-refractivity contribution in [3.05, 3.63) is 0 Å². The molecule has 0 radical (unpaired) electrons. The maximum Gasteiger partial charge on any atom is 0.104 e. The zero-order valence-electron chi connectivity index (χ0n) is 10.3. The highest BCUT2D eigenvalue weighted by atomic mass is 32.2. The van der Waals surface area contributed by atoms with Crippen LogP contribution in [0.5, 0.6) is 0 Å². The van der Waals surface area contributed by atoms with E-state index in [1.165, 1.54) is 12.8 Å². The summed E-state index contributed by atoms with van der Waals surface area (Å²) in [5.41, 5.74) is -0.363. The van der Waals surface area contributed by atoms with Gasteiger partial charge >= 0.3 is 0 Å². The monoisotopic (exact) mass is 242 g/mol. The topological polar surface area (TPSA) is 45.0 Å². The van der Waals surface area contributed by atoms with Gasteiger partial charge in [-0.3, -0.25) is 5.32 Å². The number of nitrogens with zero attached hydrogens (tertiary/aromatic N) is 1. The van der Waals surface area contributed by atoms with Crippen LogP contribution >= 0.6 is 11.8 Å². The van der Waals surface area contributed by atoms with Gasteiger partial charge in [0, 0.05) is 12.4 Å². The maximum absolute atomic E-state index is 9.08. The van der Waals surface area contributed by atoms with Crippen LogP contribution in [0.3, 0.4) is 0 Å². The summed E-state index contributed by atoms with van der Waals surface area (Å²) >= 11 is 1.90. The van der Waals surface area contributed by atoms with Crippen LogP contribution in [0.2, 0.25) is 0 Å². The average molecular weight is 242 g/mol. The Morgan fingerprint density at radius 2 is 2.44 bits per heavy atom. The normalized spacial score (nSPS) is 23.9. The Morgan fingerprint density at radius 3 is 3.00 bits per heavy atom. The molecule has 92 valence electrons. The molecule has 4 heteroatoms. The molecule has 1 saturated heterocycles. The van der Waals surface area contributed by atoms with Crippen molar-refractivity contribution >= 4 is 11.8 Å². The van der Waals surface area contributed by atoms with E-state index in [-0.39, 0.29) is 5.54 Å². The van der Waals surface area contributed by atoms with Crippen LogP contribution in [0, 0.1) is 11.3 Å². The van der Waals surface area contributed by atoms with Crippen molar-refractivity contribution in [2.45, 2.75) is 44.8 Å². The van der Waals surface area contributed by atoms with Crippen molar-refractivity contribution in [1.82, 2.24) is 5.32 Å². The predicted molar refractivity (Wildman–Crippen MR) is 68.6 cm³/mol. The second-order valence-electron chi connectivity index (χ2n) is 4.43. The standard InChI is InChI=1S/C12H22N2OS/c1-3-14-12(2,10-13)6-8-16-9-11-5-4-7-15-11/h11,14H,3-9H2,1-2H3. The van der Waals surface area contributed by atoms with Crippen LogP contribution in [-0.4, -0.2) is 36.3 Å². The zero-order chi connectivity index (χ0) is 11.9. The maximum atomic E-state index is 9.08. The summed E-state index contributed by atoms with van der Waals surface area (Å²) in [6.07, 6.45) is 3.76. The van der Waals surface area contributed by atoms with E-state index in [0.717, 1.165) is 31.1 Å². The van der Waals surface area contributed by atoms with Crippen molar-refractivity contribution in [3.63, 3.8) is 0 Å². The van der Waals surface area contributed by atoms with Crippen LogP contribution in [0.4, 0.5) is 0 Å². The van der Waals surface area contributed by atoms with Gasteiger partial charge in [-0.15, -0.1) is 0 Å². The minimum absolute atomic E-state index is 0.363. The van der Waals surface area contributed by atoms with E-state index in [0.29, 0.717) is 6.10 Å². The molecule has 0 bridgehead atoms. The molecule has 1 fully saturated rings. The van der Waals surface area contributed by atoms with Gasteiger partial charge in [0.2, 0.25) is 0 Å². The SMILES string of the molecule is CCNC(C)(C#N)CCSCC1CCCO1. The van der Waals surface area contributed by atoms with Crippen LogP contribution < -0.4 is 5.32 Å². The van der Waals surface area contributed by atoms with E-state index in [1.807, 2.05) is 25.6 Å². The quantitative estimate of drug-likeness (QED) is 0.695. The van der Waals surface area contributed by atoms with Gasteiger partial charge in [0.15, 0.2) is 0 Å². The fourth-order valence-electron chi connectivity index (χ4n) is 1.84. The van der Waals surface area contributed by atoms with Crippen LogP contribution in [0.15, 0.2) is 0 Å². The van der Waals surface area contributed by atoms with E-state index in [9.17, 15) is 0 Å². The number of ether oxygens (including phenoxy) is 1. The molecule has 16 heavy (non-hydrogen) atoms. The highest BCUT2D eigenvalue weighted by Gasteiger charge is 2.22. The number of hydrogen-bond acceptors (Lipinski definition) is 4. The van der Waals surface area contributed by atoms with E-state index in [4.69, 9.17) is 10.00 Å². The first-order chi connectivity index (χ1) is 7.70. The lowest BCUT2D eigenvalue weighted by molar-refractivity contribution is 0.129. The second-order valence-corrected chi connectivity index (χ2v) is 5.58. The highest BCUT2D eigenvalue weighted by molar-refractivity contribution is 7.99. The molecule has 2 atom stereocenters. The fraction of sp³-hybridized carbons (Fsp3) is 0.917. The predicted octanol–water partition coefficient (Wildman–Crippen LogP) is 2.18. The van der Waals surface area contributed by atoms with Gasteiger partial charge in [-0.2, -0.15) is 17.0 Å². The summed E-state index contributed by atoms with van der Waals surface area (Å²) in [6.45, 7) is 5.79. The number of rotatable bonds is 7. The lowest BCUT2D eigenvalue weighted by atomic mass is 10.0. The zero-order valence-corrected chi connectivity index (χ0v) is 11.1. The van der Waals surface area contributed by atoms with E-state index in [2.05, 4.69) is 11.4 Å². The molecule has 0 aliphatic carbocycles. The van der Waals surface area contributed by atoms with Crippen molar-refractivity contribution in [3.8, 4) is 6.07 Å². The summed E-state index contributed by atoms with van der Waals surface area (Å²) in [6, 6.07) is 2.35. The lowest BCUT2D eigenvalue weighted by Gasteiger charge is -2.22. The average Bonchev–Trinajstić information content (AvgIpc) is 2.78. The highest BCUT2D eigenvalue weighted by Crippen LogP contribution is 2.19. The Balaban J connectivity index is 2.11. The van der Waals surface area contributed by atoms with Crippen molar-refractivity contribution in [2.75, 3.05) is 24.7 Å². The summed E-state index contributed by atoms with van der Waals surface area (Å²) in [4.78, 5) is 0. The third-order valence-corrected chi connectivity index (χ3v) is 3.99. The molecule has 0 amide bonds. The van der Waals surface area contributed by atoms with Crippen molar-refractivity contribution in [1.29, 1.82) is 5.26 Å². The molecule has 0 aromatic rings. The van der Waals surface area contributed by atoms with Crippen molar-refractivity contribution < 1.29 is 4.74 Å². The molecule has 0 spiro atoms. The molecule has 2 unspecified atom stereocenters. The van der Waals surface area contributed by atoms with Gasteiger partial charge in [-0.05, 0) is 38.5 Å². The van der Waals surface area contributed by atoms with Gasteiger partial charge < -0.3 is 4.74 Å². The van der Waals surface area contributed by atoms with Crippen LogP contribution in [-0.2, 0) is 4.74 Å². The number of nitrogens with one attached hydrogen (secondary N) is 1. The molecule has 1 aliphatic heterocycles. The first-order valence-corrected chi connectivity index (χ1v) is 7.21. The van der Waals surface area contributed by atoms with Gasteiger partial charge in [0.05, 0.1) is 12.2 Å². The number of hydrogen-bond donors (Lipinski definition) is 1. The summed E-state index contributed by atoms with van der Waals surface area (Å²) in [5.74, 6) is 2.10. The Kier molecular flexibility index (Phi) is 6.18. The fourth-order valence-corrected chi connectivity index (χ4v) is 3.09. The molecular formula is C12H22N2OS. The molecule has 1 N–H and O–H groups in total. The summed E-state index contributed by atoms with van der Waals surface area (Å²) < 4.78 is 5.56. The lowest BCUT2D eigenvalue weighted by Crippen LogP contribution is -2.41. The molecule has 1 aliphatic rings. The number of nitriles is 1. The van der Waals surface area contributed by atoms with Crippen LogP contribution in [0.25, 0.3) is 0 Å². The van der Waals surface area contributed by atoms with Gasteiger partial charge in [0.1, 0.15) is 5.54 Å². The molecule has 0 aromatic carbocycles. The number of thioether (sulfide) groups is 1. The van der Waals surface area contributed by atoms with Crippen molar-refractivity contribution in [2.24, 2.45) is 0 Å². The molecule has 3 nitrogen and oxygen atoms in total. The first-order valence-electron chi connectivity index (χ1n) is 6.06. The molecule has 1 rings (SSSR count). The van der Waals surface area contributed by atoms with Gasteiger partial charge in [-0.25, -0.2) is 0 Å². The van der Waals surface area contributed by atoms with E-state index >= 15 is 0 Å². The Labute approximate surface area is 103 Å². The summed E-state index contributed by atoms with van der Waals surface area (Å²) in [7, 11) is 0. The molecular weight excluding hydrogens is 220 g/mol. The third kappa shape index (κ3) is 4.73. The molecule has 0 aromatic heterocycles. The summed E-state index contributed by atoms with van der Waals surface area (Å²) in [5, 5.41) is 12.3. The largest absolute Gasteiger partial charge is 0.377 e. The molecule has 0 saturated carbocycles. The Morgan fingerprint density at radius 1 is 1.62 bits per heavy atom. The third-order valence-electron chi connectivity index (χ3n) is 2.89. The second kappa shape index (κ2) is 7.16. The van der Waals surface area contributed by atoms with E-state index < -0.39 is 0 Å². The molecule has 1 heterocycles.